The van der Waals surface area contributed by atoms with Gasteiger partial charge in [-0.2, -0.15) is 5.10 Å². The summed E-state index contributed by atoms with van der Waals surface area (Å²) < 4.78 is 7.44. The number of rotatable bonds is 4. The van der Waals surface area contributed by atoms with Crippen LogP contribution >= 0.6 is 0 Å². The van der Waals surface area contributed by atoms with Crippen molar-refractivity contribution in [2.45, 2.75) is 32.4 Å². The summed E-state index contributed by atoms with van der Waals surface area (Å²) in [6.07, 6.45) is 3.53. The molecule has 1 atom stereocenters. The third-order valence-electron chi connectivity index (χ3n) is 5.59. The maximum Gasteiger partial charge on any atom is 0.339 e. The van der Waals surface area contributed by atoms with Crippen molar-refractivity contribution in [3.8, 4) is 0 Å². The van der Waals surface area contributed by atoms with E-state index in [1.54, 1.807) is 30.6 Å². The second kappa shape index (κ2) is 7.92. The van der Waals surface area contributed by atoms with E-state index in [0.29, 0.717) is 23.2 Å². The van der Waals surface area contributed by atoms with Gasteiger partial charge in [0, 0.05) is 23.4 Å². The molecular formula is C25H22N4O3. The van der Waals surface area contributed by atoms with Crippen LogP contribution in [0.25, 0.3) is 11.0 Å². The summed E-state index contributed by atoms with van der Waals surface area (Å²) in [6, 6.07) is 16.7. The molecule has 2 aromatic carbocycles. The topological polar surface area (TPSA) is 86.1 Å². The van der Waals surface area contributed by atoms with Gasteiger partial charge in [-0.1, -0.05) is 30.3 Å². The van der Waals surface area contributed by atoms with Crippen LogP contribution in [0, 0.1) is 0 Å². The number of aromatic nitrogens is 3. The van der Waals surface area contributed by atoms with Crippen molar-refractivity contribution >= 4 is 28.6 Å². The molecule has 0 radical (unpaired) electrons. The third kappa shape index (κ3) is 3.62. The largest absolute Gasteiger partial charge is 0.454 e. The Morgan fingerprint density at radius 3 is 2.72 bits per heavy atom. The minimum atomic E-state index is -0.371. The lowest BCUT2D eigenvalue weighted by molar-refractivity contribution is 0.0252. The molecule has 4 aromatic rings. The fraction of sp³-hybridized carbons (Fsp3) is 0.200. The molecule has 3 heterocycles. The van der Waals surface area contributed by atoms with Crippen LogP contribution in [0.3, 0.4) is 0 Å². The number of anilines is 1. The van der Waals surface area contributed by atoms with Gasteiger partial charge in [0.25, 0.3) is 5.91 Å². The number of fused-ring (bicyclic) bond motifs is 2. The Labute approximate surface area is 185 Å². The Bertz CT molecular complexity index is 1330. The zero-order valence-electron chi connectivity index (χ0n) is 17.8. The number of ether oxygens (including phenoxy) is 1. The van der Waals surface area contributed by atoms with Crippen LogP contribution in [-0.4, -0.2) is 26.6 Å². The summed E-state index contributed by atoms with van der Waals surface area (Å²) in [5, 5.41) is 8.11. The van der Waals surface area contributed by atoms with E-state index in [0.717, 1.165) is 22.2 Å². The van der Waals surface area contributed by atoms with Crippen LogP contribution in [0.2, 0.25) is 0 Å². The molecule has 0 fully saturated rings. The van der Waals surface area contributed by atoms with Gasteiger partial charge < -0.3 is 10.1 Å². The van der Waals surface area contributed by atoms with Crippen molar-refractivity contribution in [2.24, 2.45) is 0 Å². The molecule has 0 spiro atoms. The molecule has 7 nitrogen and oxygen atoms in total. The predicted octanol–water partition coefficient (Wildman–Crippen LogP) is 4.72. The zero-order valence-corrected chi connectivity index (χ0v) is 17.8. The van der Waals surface area contributed by atoms with E-state index in [9.17, 15) is 9.59 Å². The van der Waals surface area contributed by atoms with Gasteiger partial charge in [-0.15, -0.1) is 0 Å². The molecule has 0 bridgehead atoms. The van der Waals surface area contributed by atoms with Crippen LogP contribution in [0.15, 0.2) is 67.0 Å². The van der Waals surface area contributed by atoms with E-state index >= 15 is 0 Å². The van der Waals surface area contributed by atoms with Gasteiger partial charge in [-0.05, 0) is 49.2 Å². The number of amides is 1. The van der Waals surface area contributed by atoms with Crippen molar-refractivity contribution < 1.29 is 14.3 Å². The first-order valence-electron chi connectivity index (χ1n) is 10.5. The fourth-order valence-corrected chi connectivity index (χ4v) is 3.98. The Morgan fingerprint density at radius 2 is 1.94 bits per heavy atom. The SMILES string of the molecule is CC(C)n1ncc2cc(NC(=O)c3ccc4c(c3)CC(c3ccccc3)OC4=O)cnc21. The minimum Gasteiger partial charge on any atom is -0.454 e. The number of carbonyl (C=O) groups is 2. The van der Waals surface area contributed by atoms with Gasteiger partial charge >= 0.3 is 5.97 Å². The minimum absolute atomic E-state index is 0.197. The molecule has 1 unspecified atom stereocenters. The number of carbonyl (C=O) groups excluding carboxylic acids is 2. The summed E-state index contributed by atoms with van der Waals surface area (Å²) in [5.41, 5.74) is 4.07. The number of hydrogen-bond acceptors (Lipinski definition) is 5. The molecule has 1 aliphatic heterocycles. The first-order valence-corrected chi connectivity index (χ1v) is 10.5. The molecule has 7 heteroatoms. The average Bonchev–Trinajstić information content (AvgIpc) is 3.23. The van der Waals surface area contributed by atoms with Gasteiger partial charge in [-0.3, -0.25) is 4.79 Å². The second-order valence-electron chi connectivity index (χ2n) is 8.15. The van der Waals surface area contributed by atoms with Gasteiger partial charge in [0.1, 0.15) is 6.10 Å². The lowest BCUT2D eigenvalue weighted by atomic mass is 9.93. The van der Waals surface area contributed by atoms with Crippen LogP contribution < -0.4 is 5.32 Å². The second-order valence-corrected chi connectivity index (χ2v) is 8.15. The van der Waals surface area contributed by atoms with E-state index in [2.05, 4.69) is 15.4 Å². The number of nitrogens with zero attached hydrogens (tertiary/aromatic N) is 3. The zero-order chi connectivity index (χ0) is 22.2. The highest BCUT2D eigenvalue weighted by Gasteiger charge is 2.28. The van der Waals surface area contributed by atoms with Crippen LogP contribution in [0.1, 0.15) is 57.8 Å². The molecule has 2 aromatic heterocycles. The van der Waals surface area contributed by atoms with Crippen molar-refractivity contribution in [2.75, 3.05) is 5.32 Å². The summed E-state index contributed by atoms with van der Waals surface area (Å²) in [5.74, 6) is -0.635. The summed E-state index contributed by atoms with van der Waals surface area (Å²) in [6.45, 7) is 4.08. The molecule has 5 rings (SSSR count). The maximum atomic E-state index is 12.9. The molecule has 0 aliphatic carbocycles. The Morgan fingerprint density at radius 1 is 1.12 bits per heavy atom. The smallest absolute Gasteiger partial charge is 0.339 e. The molecule has 1 amide bonds. The van der Waals surface area contributed by atoms with E-state index in [4.69, 9.17) is 4.74 Å². The maximum absolute atomic E-state index is 12.9. The highest BCUT2D eigenvalue weighted by atomic mass is 16.5. The number of cyclic esters (lactones) is 1. The quantitative estimate of drug-likeness (QED) is 0.477. The third-order valence-corrected chi connectivity index (χ3v) is 5.59. The normalized spacial score (nSPS) is 15.5. The van der Waals surface area contributed by atoms with Gasteiger partial charge in [0.2, 0.25) is 0 Å². The highest BCUT2D eigenvalue weighted by molar-refractivity contribution is 6.05. The fourth-order valence-electron chi connectivity index (χ4n) is 3.98. The average molecular weight is 426 g/mol. The number of esters is 1. The Hall–Kier alpha value is -4.00. The molecule has 1 aliphatic rings. The van der Waals surface area contributed by atoms with E-state index in [1.165, 1.54) is 0 Å². The van der Waals surface area contributed by atoms with Gasteiger partial charge in [0.05, 0.1) is 23.6 Å². The highest BCUT2D eigenvalue weighted by Crippen LogP contribution is 2.31. The number of hydrogen-bond donors (Lipinski definition) is 1. The molecule has 32 heavy (non-hydrogen) atoms. The van der Waals surface area contributed by atoms with Crippen molar-refractivity contribution in [1.29, 1.82) is 0 Å². The number of pyridine rings is 1. The van der Waals surface area contributed by atoms with E-state index < -0.39 is 0 Å². The molecular weight excluding hydrogens is 404 g/mol. The lowest BCUT2D eigenvalue weighted by Gasteiger charge is -2.25. The monoisotopic (exact) mass is 426 g/mol. The van der Waals surface area contributed by atoms with Crippen molar-refractivity contribution in [3.63, 3.8) is 0 Å². The standard InChI is InChI=1S/C25H22N4O3/c1-15(2)29-23-19(13-27-29)11-20(14-26-23)28-24(30)17-8-9-21-18(10-17)12-22(32-25(21)31)16-6-4-3-5-7-16/h3-11,13-15,22H,12H2,1-2H3,(H,28,30). The van der Waals surface area contributed by atoms with Crippen LogP contribution in [0.4, 0.5) is 5.69 Å². The molecule has 1 N–H and O–H groups in total. The van der Waals surface area contributed by atoms with Gasteiger partial charge in [-0.25, -0.2) is 14.5 Å². The van der Waals surface area contributed by atoms with E-state index in [-0.39, 0.29) is 24.0 Å². The van der Waals surface area contributed by atoms with Crippen LogP contribution in [0.5, 0.6) is 0 Å². The summed E-state index contributed by atoms with van der Waals surface area (Å²) in [7, 11) is 0. The number of nitrogens with one attached hydrogen (secondary N) is 1. The first kappa shape index (κ1) is 19.9. The van der Waals surface area contributed by atoms with Gasteiger partial charge in [0.15, 0.2) is 5.65 Å². The molecule has 0 saturated heterocycles. The van der Waals surface area contributed by atoms with Crippen LogP contribution in [-0.2, 0) is 11.2 Å². The predicted molar refractivity (Wildman–Crippen MR) is 121 cm³/mol. The van der Waals surface area contributed by atoms with E-state index in [1.807, 2.05) is 54.9 Å². The first-order chi connectivity index (χ1) is 15.5. The Kier molecular flexibility index (Phi) is 4.93. The Balaban J connectivity index is 1.38. The van der Waals surface area contributed by atoms with Crippen molar-refractivity contribution in [1.82, 2.24) is 14.8 Å². The summed E-state index contributed by atoms with van der Waals surface area (Å²) >= 11 is 0. The van der Waals surface area contributed by atoms with Crippen molar-refractivity contribution in [3.05, 3.63) is 89.2 Å². The summed E-state index contributed by atoms with van der Waals surface area (Å²) in [4.78, 5) is 29.8. The molecule has 0 saturated carbocycles. The molecule has 160 valence electrons. The number of benzene rings is 2. The lowest BCUT2D eigenvalue weighted by Crippen LogP contribution is -2.23.